The summed E-state index contributed by atoms with van der Waals surface area (Å²) in [7, 11) is -0.0318. The number of carbonyl (C=O) groups excluding carboxylic acids is 1. The molecular weight excluding hydrogens is 378 g/mol. The number of nitrogens with one attached hydrogen (secondary N) is 1. The molecular formula is C16H17N3O5S2. The monoisotopic (exact) mass is 395 g/mol. The second-order valence-corrected chi connectivity index (χ2v) is 9.00. The van der Waals surface area contributed by atoms with Crippen LogP contribution in [0.1, 0.15) is 15.2 Å². The molecule has 1 amide bonds. The first-order valence-electron chi connectivity index (χ1n) is 7.62. The van der Waals surface area contributed by atoms with Crippen LogP contribution in [-0.4, -0.2) is 50.3 Å². The predicted molar refractivity (Wildman–Crippen MR) is 98.3 cm³/mol. The summed E-state index contributed by atoms with van der Waals surface area (Å²) in [5.41, 5.74) is 1.42. The summed E-state index contributed by atoms with van der Waals surface area (Å²) < 4.78 is 25.6. The van der Waals surface area contributed by atoms with Crippen LogP contribution >= 0.6 is 11.3 Å². The number of carboxylic acids is 1. The molecule has 1 aliphatic heterocycles. The molecule has 0 saturated heterocycles. The van der Waals surface area contributed by atoms with Gasteiger partial charge in [-0.25, -0.2) is 8.42 Å². The molecule has 0 bridgehead atoms. The van der Waals surface area contributed by atoms with E-state index >= 15 is 0 Å². The summed E-state index contributed by atoms with van der Waals surface area (Å²) in [6, 6.07) is 8.40. The van der Waals surface area contributed by atoms with E-state index in [2.05, 4.69) is 5.32 Å². The molecule has 10 heteroatoms. The normalized spacial score (nSPS) is 15.5. The van der Waals surface area contributed by atoms with Crippen molar-refractivity contribution in [1.29, 1.82) is 0 Å². The highest BCUT2D eigenvalue weighted by Gasteiger charge is 2.38. The quantitative estimate of drug-likeness (QED) is 0.797. The number of aliphatic carboxylic acids is 1. The number of sulfonamides is 1. The maximum atomic E-state index is 12.3. The SMILES string of the molecule is CN(C)c1ccc(C(=O)Nc2cc3c(s2)CN(CC(=O)O)S3(=O)=O)cc1. The zero-order valence-corrected chi connectivity index (χ0v) is 15.7. The Morgan fingerprint density at radius 2 is 1.92 bits per heavy atom. The number of anilines is 2. The van der Waals surface area contributed by atoms with Gasteiger partial charge < -0.3 is 15.3 Å². The molecule has 1 aromatic heterocycles. The third kappa shape index (κ3) is 3.43. The minimum Gasteiger partial charge on any atom is -0.480 e. The fourth-order valence-corrected chi connectivity index (χ4v) is 5.61. The van der Waals surface area contributed by atoms with Crippen LogP contribution in [0.15, 0.2) is 35.2 Å². The van der Waals surface area contributed by atoms with Gasteiger partial charge in [-0.1, -0.05) is 0 Å². The van der Waals surface area contributed by atoms with Crippen LogP contribution in [0.3, 0.4) is 0 Å². The summed E-state index contributed by atoms with van der Waals surface area (Å²) in [5.74, 6) is -1.55. The van der Waals surface area contributed by atoms with Gasteiger partial charge in [0.15, 0.2) is 0 Å². The molecule has 0 unspecified atom stereocenters. The smallest absolute Gasteiger partial charge is 0.318 e. The number of carboxylic acid groups (broad SMARTS) is 1. The van der Waals surface area contributed by atoms with E-state index in [1.165, 1.54) is 6.07 Å². The van der Waals surface area contributed by atoms with Gasteiger partial charge in [-0.15, -0.1) is 11.3 Å². The van der Waals surface area contributed by atoms with Crippen molar-refractivity contribution < 1.29 is 23.1 Å². The Balaban J connectivity index is 1.76. The van der Waals surface area contributed by atoms with Crippen LogP contribution in [0.25, 0.3) is 0 Å². The summed E-state index contributed by atoms with van der Waals surface area (Å²) in [5, 5.41) is 11.9. The second-order valence-electron chi connectivity index (χ2n) is 5.96. The molecule has 138 valence electrons. The molecule has 2 heterocycles. The van der Waals surface area contributed by atoms with E-state index in [0.29, 0.717) is 15.4 Å². The first-order chi connectivity index (χ1) is 12.2. The van der Waals surface area contributed by atoms with Crippen molar-refractivity contribution in [2.45, 2.75) is 11.4 Å². The predicted octanol–water partition coefficient (Wildman–Crippen LogP) is 1.66. The van der Waals surface area contributed by atoms with E-state index in [1.807, 2.05) is 31.1 Å². The molecule has 2 N–H and O–H groups in total. The van der Waals surface area contributed by atoms with Gasteiger partial charge in [-0.2, -0.15) is 4.31 Å². The first kappa shape index (κ1) is 18.4. The van der Waals surface area contributed by atoms with Crippen LogP contribution in [0.2, 0.25) is 0 Å². The van der Waals surface area contributed by atoms with Crippen molar-refractivity contribution in [2.24, 2.45) is 0 Å². The third-order valence-corrected chi connectivity index (χ3v) is 6.92. The number of benzene rings is 1. The molecule has 0 saturated carbocycles. The average Bonchev–Trinajstić information content (AvgIpc) is 3.05. The van der Waals surface area contributed by atoms with Crippen molar-refractivity contribution in [3.63, 3.8) is 0 Å². The third-order valence-electron chi connectivity index (χ3n) is 3.90. The van der Waals surface area contributed by atoms with Gasteiger partial charge in [0.2, 0.25) is 10.0 Å². The molecule has 2 aromatic rings. The zero-order valence-electron chi connectivity index (χ0n) is 14.1. The number of nitrogens with zero attached hydrogens (tertiary/aromatic N) is 2. The van der Waals surface area contributed by atoms with E-state index in [4.69, 9.17) is 5.11 Å². The fourth-order valence-electron chi connectivity index (χ4n) is 2.57. The van der Waals surface area contributed by atoms with Gasteiger partial charge in [0, 0.05) is 30.2 Å². The largest absolute Gasteiger partial charge is 0.480 e. The molecule has 0 spiro atoms. The Kier molecular flexibility index (Phi) is 4.74. The Morgan fingerprint density at radius 1 is 1.27 bits per heavy atom. The number of carbonyl (C=O) groups is 2. The minimum absolute atomic E-state index is 0.00202. The van der Waals surface area contributed by atoms with Gasteiger partial charge in [0.1, 0.15) is 6.54 Å². The highest BCUT2D eigenvalue weighted by Crippen LogP contribution is 2.39. The molecule has 0 aliphatic carbocycles. The molecule has 0 atom stereocenters. The maximum Gasteiger partial charge on any atom is 0.318 e. The van der Waals surface area contributed by atoms with Gasteiger partial charge in [-0.05, 0) is 30.3 Å². The van der Waals surface area contributed by atoms with Crippen LogP contribution in [0.5, 0.6) is 0 Å². The zero-order chi connectivity index (χ0) is 19.1. The highest BCUT2D eigenvalue weighted by atomic mass is 32.2. The van der Waals surface area contributed by atoms with E-state index < -0.39 is 22.5 Å². The Morgan fingerprint density at radius 3 is 2.46 bits per heavy atom. The number of hydrogen-bond acceptors (Lipinski definition) is 6. The minimum atomic E-state index is -3.83. The second kappa shape index (κ2) is 6.71. The molecule has 0 radical (unpaired) electrons. The average molecular weight is 395 g/mol. The van der Waals surface area contributed by atoms with E-state index in [1.54, 1.807) is 12.1 Å². The van der Waals surface area contributed by atoms with Gasteiger partial charge >= 0.3 is 5.97 Å². The summed E-state index contributed by atoms with van der Waals surface area (Å²) in [6.45, 7) is -0.578. The van der Waals surface area contributed by atoms with E-state index in [0.717, 1.165) is 21.3 Å². The highest BCUT2D eigenvalue weighted by molar-refractivity contribution is 7.89. The number of fused-ring (bicyclic) bond motifs is 1. The number of rotatable bonds is 5. The van der Waals surface area contributed by atoms with Crippen molar-refractivity contribution in [2.75, 3.05) is 30.9 Å². The maximum absolute atomic E-state index is 12.3. The summed E-state index contributed by atoms with van der Waals surface area (Å²) in [6.07, 6.45) is 0. The number of amides is 1. The first-order valence-corrected chi connectivity index (χ1v) is 9.87. The van der Waals surface area contributed by atoms with Crippen LogP contribution < -0.4 is 10.2 Å². The molecule has 1 aliphatic rings. The van der Waals surface area contributed by atoms with Gasteiger partial charge in [0.05, 0.1) is 16.4 Å². The van der Waals surface area contributed by atoms with Gasteiger partial charge in [0.25, 0.3) is 5.91 Å². The lowest BCUT2D eigenvalue weighted by Gasteiger charge is -2.12. The van der Waals surface area contributed by atoms with Crippen molar-refractivity contribution >= 4 is 43.9 Å². The summed E-state index contributed by atoms with van der Waals surface area (Å²) in [4.78, 5) is 25.6. The van der Waals surface area contributed by atoms with Crippen LogP contribution in [0, 0.1) is 0 Å². The number of hydrogen-bond donors (Lipinski definition) is 2. The van der Waals surface area contributed by atoms with Crippen molar-refractivity contribution in [3.8, 4) is 0 Å². The van der Waals surface area contributed by atoms with Crippen LogP contribution in [0.4, 0.5) is 10.7 Å². The molecule has 1 aromatic carbocycles. The van der Waals surface area contributed by atoms with E-state index in [9.17, 15) is 18.0 Å². The van der Waals surface area contributed by atoms with Crippen molar-refractivity contribution in [1.82, 2.24) is 4.31 Å². The Bertz CT molecular complexity index is 964. The van der Waals surface area contributed by atoms with Crippen molar-refractivity contribution in [3.05, 3.63) is 40.8 Å². The summed E-state index contributed by atoms with van der Waals surface area (Å²) >= 11 is 1.13. The lowest BCUT2D eigenvalue weighted by atomic mass is 10.2. The van der Waals surface area contributed by atoms with Crippen LogP contribution in [-0.2, 0) is 21.4 Å². The van der Waals surface area contributed by atoms with Gasteiger partial charge in [-0.3, -0.25) is 9.59 Å². The Labute approximate surface area is 154 Å². The fraction of sp³-hybridized carbons (Fsp3) is 0.250. The standard InChI is InChI=1S/C16H17N3O5S2/c1-18(2)11-5-3-10(4-6-11)16(22)17-14-7-13-12(25-14)8-19(9-15(20)21)26(13,23)24/h3-7H,8-9H2,1-2H3,(H,17,22)(H,20,21). The van der Waals surface area contributed by atoms with E-state index in [-0.39, 0.29) is 17.3 Å². The molecule has 0 fully saturated rings. The molecule has 26 heavy (non-hydrogen) atoms. The Hall–Kier alpha value is -2.43. The number of thiophene rings is 1. The lowest BCUT2D eigenvalue weighted by Crippen LogP contribution is -2.30. The topological polar surface area (TPSA) is 107 Å². The molecule has 8 nitrogen and oxygen atoms in total. The molecule has 3 rings (SSSR count). The lowest BCUT2D eigenvalue weighted by molar-refractivity contribution is -0.137.